The Morgan fingerprint density at radius 2 is 1.94 bits per heavy atom. The summed E-state index contributed by atoms with van der Waals surface area (Å²) in [4.78, 5) is 0. The third-order valence-corrected chi connectivity index (χ3v) is 3.45. The highest BCUT2D eigenvalue weighted by Crippen LogP contribution is 2.28. The predicted molar refractivity (Wildman–Crippen MR) is 69.2 cm³/mol. The second-order valence-electron chi connectivity index (χ2n) is 5.53. The monoisotopic (exact) mass is 234 g/mol. The van der Waals surface area contributed by atoms with E-state index in [1.807, 2.05) is 6.92 Å². The summed E-state index contributed by atoms with van der Waals surface area (Å²) >= 11 is 0. The Balaban J connectivity index is 2.13. The van der Waals surface area contributed by atoms with E-state index in [1.54, 1.807) is 0 Å². The average molecular weight is 234 g/mol. The maximum atomic E-state index is 10.6. The van der Waals surface area contributed by atoms with Crippen molar-refractivity contribution in [3.05, 3.63) is 34.9 Å². The van der Waals surface area contributed by atoms with Gasteiger partial charge in [-0.15, -0.1) is 0 Å². The molecule has 1 N–H and O–H groups in total. The molecule has 1 fully saturated rings. The van der Waals surface area contributed by atoms with Crippen molar-refractivity contribution in [1.29, 1.82) is 0 Å². The van der Waals surface area contributed by atoms with Gasteiger partial charge >= 0.3 is 0 Å². The summed E-state index contributed by atoms with van der Waals surface area (Å²) < 4.78 is 5.50. The summed E-state index contributed by atoms with van der Waals surface area (Å²) in [5.41, 5.74) is 3.18. The summed E-state index contributed by atoms with van der Waals surface area (Å²) in [6, 6.07) is 6.51. The van der Waals surface area contributed by atoms with Crippen LogP contribution in [0.5, 0.6) is 0 Å². The second-order valence-corrected chi connectivity index (χ2v) is 5.53. The molecule has 0 radical (unpaired) electrons. The molecule has 1 aliphatic rings. The van der Waals surface area contributed by atoms with Gasteiger partial charge in [0.05, 0.1) is 11.7 Å². The number of benzene rings is 1. The molecule has 1 aromatic carbocycles. The van der Waals surface area contributed by atoms with Crippen molar-refractivity contribution in [3.63, 3.8) is 0 Å². The molecule has 94 valence electrons. The van der Waals surface area contributed by atoms with E-state index in [0.717, 1.165) is 19.3 Å². The molecular weight excluding hydrogens is 212 g/mol. The smallest absolute Gasteiger partial charge is 0.0734 e. The largest absolute Gasteiger partial charge is 0.389 e. The van der Waals surface area contributed by atoms with Gasteiger partial charge in [-0.2, -0.15) is 0 Å². The molecule has 0 bridgehead atoms. The minimum absolute atomic E-state index is 0.166. The maximum absolute atomic E-state index is 10.6. The van der Waals surface area contributed by atoms with Gasteiger partial charge < -0.3 is 9.84 Å². The summed E-state index contributed by atoms with van der Waals surface area (Å²) in [7, 11) is 0. The topological polar surface area (TPSA) is 29.5 Å². The zero-order valence-corrected chi connectivity index (χ0v) is 11.0. The van der Waals surface area contributed by atoms with Crippen LogP contribution in [0.2, 0.25) is 0 Å². The number of aryl methyl sites for hydroxylation is 2. The van der Waals surface area contributed by atoms with Crippen molar-refractivity contribution in [1.82, 2.24) is 0 Å². The Hall–Kier alpha value is -0.860. The van der Waals surface area contributed by atoms with Crippen molar-refractivity contribution in [2.75, 3.05) is 6.61 Å². The zero-order valence-electron chi connectivity index (χ0n) is 11.0. The predicted octanol–water partition coefficient (Wildman–Crippen LogP) is 2.78. The van der Waals surface area contributed by atoms with Crippen molar-refractivity contribution >= 4 is 0 Å². The van der Waals surface area contributed by atoms with Crippen LogP contribution >= 0.6 is 0 Å². The average Bonchev–Trinajstić information content (AvgIpc) is 2.13. The van der Waals surface area contributed by atoms with Crippen LogP contribution in [0.1, 0.15) is 36.5 Å². The lowest BCUT2D eigenvalue weighted by atomic mass is 9.84. The normalized spacial score (nSPS) is 29.3. The number of aliphatic hydroxyl groups is 1. The van der Waals surface area contributed by atoms with Crippen LogP contribution in [0.4, 0.5) is 0 Å². The van der Waals surface area contributed by atoms with E-state index in [-0.39, 0.29) is 6.10 Å². The third kappa shape index (κ3) is 3.30. The highest BCUT2D eigenvalue weighted by Gasteiger charge is 2.33. The van der Waals surface area contributed by atoms with Crippen LogP contribution < -0.4 is 0 Å². The fraction of sp³-hybridized carbons (Fsp3) is 0.600. The molecule has 0 saturated carbocycles. The van der Waals surface area contributed by atoms with Crippen molar-refractivity contribution in [2.24, 2.45) is 0 Å². The van der Waals surface area contributed by atoms with Crippen LogP contribution in [0.25, 0.3) is 0 Å². The fourth-order valence-electron chi connectivity index (χ4n) is 2.86. The van der Waals surface area contributed by atoms with E-state index in [0.29, 0.717) is 6.61 Å². The lowest BCUT2D eigenvalue weighted by Gasteiger charge is -2.35. The molecule has 1 saturated heterocycles. The van der Waals surface area contributed by atoms with E-state index in [4.69, 9.17) is 4.74 Å². The maximum Gasteiger partial charge on any atom is 0.0734 e. The lowest BCUT2D eigenvalue weighted by molar-refractivity contribution is -0.0961. The molecule has 17 heavy (non-hydrogen) atoms. The molecule has 0 aromatic heterocycles. The summed E-state index contributed by atoms with van der Waals surface area (Å²) in [5, 5.41) is 10.6. The Bertz CT molecular complexity index is 380. The van der Waals surface area contributed by atoms with E-state index >= 15 is 0 Å². The van der Waals surface area contributed by atoms with E-state index in [1.165, 1.54) is 16.7 Å². The number of hydrogen-bond acceptors (Lipinski definition) is 2. The molecule has 1 heterocycles. The second kappa shape index (κ2) is 4.79. The molecule has 1 aromatic rings. The first kappa shape index (κ1) is 12.6. The van der Waals surface area contributed by atoms with Gasteiger partial charge in [-0.3, -0.25) is 0 Å². The van der Waals surface area contributed by atoms with Crippen LogP contribution in [0, 0.1) is 13.8 Å². The molecule has 2 heteroatoms. The van der Waals surface area contributed by atoms with E-state index in [2.05, 4.69) is 32.0 Å². The molecule has 1 aliphatic heterocycles. The Labute approximate surface area is 104 Å². The van der Waals surface area contributed by atoms with Crippen LogP contribution in [0.15, 0.2) is 18.2 Å². The molecule has 0 amide bonds. The molecule has 2 unspecified atom stereocenters. The minimum Gasteiger partial charge on any atom is -0.389 e. The van der Waals surface area contributed by atoms with Crippen LogP contribution in [0.3, 0.4) is 0 Å². The first-order chi connectivity index (χ1) is 7.97. The van der Waals surface area contributed by atoms with Gasteiger partial charge in [0.1, 0.15) is 0 Å². The fourth-order valence-corrected chi connectivity index (χ4v) is 2.86. The number of ether oxygens (including phenoxy) is 1. The molecule has 2 atom stereocenters. The molecule has 2 rings (SSSR count). The van der Waals surface area contributed by atoms with Gasteiger partial charge in [-0.1, -0.05) is 29.3 Å². The Kier molecular flexibility index (Phi) is 3.55. The molecule has 0 aliphatic carbocycles. The van der Waals surface area contributed by atoms with Gasteiger partial charge in [0.25, 0.3) is 0 Å². The highest BCUT2D eigenvalue weighted by molar-refractivity contribution is 5.29. The van der Waals surface area contributed by atoms with Crippen molar-refractivity contribution in [3.8, 4) is 0 Å². The van der Waals surface area contributed by atoms with Gasteiger partial charge in [0.15, 0.2) is 0 Å². The number of hydrogen-bond donors (Lipinski definition) is 1. The van der Waals surface area contributed by atoms with Gasteiger partial charge in [0.2, 0.25) is 0 Å². The molecular formula is C15H22O2. The van der Waals surface area contributed by atoms with Crippen LogP contribution in [-0.4, -0.2) is 23.4 Å². The lowest BCUT2D eigenvalue weighted by Crippen LogP contribution is -2.41. The van der Waals surface area contributed by atoms with Crippen LogP contribution in [-0.2, 0) is 11.2 Å². The minimum atomic E-state index is -0.585. The van der Waals surface area contributed by atoms with Crippen molar-refractivity contribution in [2.45, 2.75) is 51.7 Å². The zero-order chi connectivity index (χ0) is 12.5. The van der Waals surface area contributed by atoms with Crippen molar-refractivity contribution < 1.29 is 9.84 Å². The SMILES string of the molecule is Cc1cc(C)cc(CC2(O)CCOC(C)C2)c1. The van der Waals surface area contributed by atoms with Gasteiger partial charge in [-0.05, 0) is 32.8 Å². The quantitative estimate of drug-likeness (QED) is 0.852. The Morgan fingerprint density at radius 1 is 1.29 bits per heavy atom. The number of rotatable bonds is 2. The van der Waals surface area contributed by atoms with E-state index < -0.39 is 5.60 Å². The van der Waals surface area contributed by atoms with Gasteiger partial charge in [-0.25, -0.2) is 0 Å². The highest BCUT2D eigenvalue weighted by atomic mass is 16.5. The first-order valence-electron chi connectivity index (χ1n) is 6.38. The first-order valence-corrected chi connectivity index (χ1v) is 6.38. The standard InChI is InChI=1S/C15H22O2/c1-11-6-12(2)8-14(7-11)10-15(16)4-5-17-13(3)9-15/h6-8,13,16H,4-5,9-10H2,1-3H3. The summed E-state index contributed by atoms with van der Waals surface area (Å²) in [5.74, 6) is 0. The molecule has 2 nitrogen and oxygen atoms in total. The summed E-state index contributed by atoms with van der Waals surface area (Å²) in [6.07, 6.45) is 2.38. The van der Waals surface area contributed by atoms with E-state index in [9.17, 15) is 5.11 Å². The molecule has 0 spiro atoms. The summed E-state index contributed by atoms with van der Waals surface area (Å²) in [6.45, 7) is 6.91. The third-order valence-electron chi connectivity index (χ3n) is 3.45. The Morgan fingerprint density at radius 3 is 2.53 bits per heavy atom. The van der Waals surface area contributed by atoms with Gasteiger partial charge in [0, 0.05) is 19.4 Å².